The van der Waals surface area contributed by atoms with Gasteiger partial charge in [0.05, 0.1) is 12.1 Å². The van der Waals surface area contributed by atoms with Crippen LogP contribution in [0.15, 0.2) is 0 Å². The molecule has 18 heavy (non-hydrogen) atoms. The first-order valence-corrected chi connectivity index (χ1v) is 5.84. The van der Waals surface area contributed by atoms with E-state index in [0.29, 0.717) is 6.42 Å². The third-order valence-electron chi connectivity index (χ3n) is 2.55. The molecule has 1 fully saturated rings. The normalized spacial score (nSPS) is 24.6. The van der Waals surface area contributed by atoms with Gasteiger partial charge in [-0.2, -0.15) is 0 Å². The second kappa shape index (κ2) is 5.43. The molecule has 0 saturated carbocycles. The third kappa shape index (κ3) is 4.40. The number of alkyl carbamates (subject to hydrolysis) is 1. The fraction of sp³-hybridized carbons (Fsp3) is 0.818. The number of carbonyl (C=O) groups is 2. The molecule has 0 bridgehead atoms. The Morgan fingerprint density at radius 2 is 2.00 bits per heavy atom. The highest BCUT2D eigenvalue weighted by atomic mass is 16.6. The molecule has 7 heteroatoms. The average Bonchev–Trinajstić information content (AvgIpc) is 2.18. The number of aliphatic hydroxyl groups excluding tert-OH is 1. The van der Waals surface area contributed by atoms with Gasteiger partial charge in [0, 0.05) is 13.1 Å². The van der Waals surface area contributed by atoms with Crippen LogP contribution in [0.5, 0.6) is 0 Å². The van der Waals surface area contributed by atoms with Gasteiger partial charge in [0.25, 0.3) is 0 Å². The number of carbonyl (C=O) groups excluding carboxylic acids is 1. The van der Waals surface area contributed by atoms with Crippen LogP contribution in [-0.2, 0) is 4.74 Å². The standard InChI is InChI=1S/C11H20N2O5/c1-11(2,3)18-9(15)12-7-6-13(10(16)17)5-4-8(7)14/h7-8,14H,4-6H2,1-3H3,(H,12,15)(H,16,17)/t7-,8-/m1/s1. The predicted molar refractivity (Wildman–Crippen MR) is 63.4 cm³/mol. The van der Waals surface area contributed by atoms with E-state index in [4.69, 9.17) is 9.84 Å². The van der Waals surface area contributed by atoms with Crippen LogP contribution in [0.3, 0.4) is 0 Å². The molecule has 2 atom stereocenters. The summed E-state index contributed by atoms with van der Waals surface area (Å²) >= 11 is 0. The van der Waals surface area contributed by atoms with Crippen molar-refractivity contribution in [3.05, 3.63) is 0 Å². The summed E-state index contributed by atoms with van der Waals surface area (Å²) in [5, 5.41) is 21.1. The molecule has 1 heterocycles. The molecule has 1 rings (SSSR count). The number of aliphatic hydroxyl groups is 1. The third-order valence-corrected chi connectivity index (χ3v) is 2.55. The fourth-order valence-corrected chi connectivity index (χ4v) is 1.71. The summed E-state index contributed by atoms with van der Waals surface area (Å²) in [6.45, 7) is 5.52. The Balaban J connectivity index is 2.53. The van der Waals surface area contributed by atoms with Crippen molar-refractivity contribution in [1.29, 1.82) is 0 Å². The SMILES string of the molecule is CC(C)(C)OC(=O)N[C@@H]1CN(C(=O)O)CC[C@H]1O. The number of nitrogens with zero attached hydrogens (tertiary/aromatic N) is 1. The lowest BCUT2D eigenvalue weighted by atomic mass is 10.0. The zero-order chi connectivity index (χ0) is 13.9. The van der Waals surface area contributed by atoms with Crippen molar-refractivity contribution in [2.45, 2.75) is 44.9 Å². The molecule has 1 aliphatic rings. The maximum absolute atomic E-state index is 11.5. The van der Waals surface area contributed by atoms with E-state index in [0.717, 1.165) is 4.90 Å². The van der Waals surface area contributed by atoms with E-state index in [2.05, 4.69) is 5.32 Å². The summed E-state index contributed by atoms with van der Waals surface area (Å²) < 4.78 is 5.06. The van der Waals surface area contributed by atoms with Gasteiger partial charge in [-0.05, 0) is 27.2 Å². The largest absolute Gasteiger partial charge is 0.465 e. The number of nitrogens with one attached hydrogen (secondary N) is 1. The lowest BCUT2D eigenvalue weighted by Crippen LogP contribution is -2.56. The first-order chi connectivity index (χ1) is 8.19. The van der Waals surface area contributed by atoms with Gasteiger partial charge in [-0.15, -0.1) is 0 Å². The lowest BCUT2D eigenvalue weighted by Gasteiger charge is -2.35. The summed E-state index contributed by atoms with van der Waals surface area (Å²) in [6.07, 6.45) is -2.17. The van der Waals surface area contributed by atoms with E-state index in [1.165, 1.54) is 0 Å². The number of rotatable bonds is 1. The number of ether oxygens (including phenoxy) is 1. The molecule has 2 amide bonds. The zero-order valence-corrected chi connectivity index (χ0v) is 10.8. The predicted octanol–water partition coefficient (Wildman–Crippen LogP) is 0.624. The van der Waals surface area contributed by atoms with E-state index in [1.54, 1.807) is 20.8 Å². The van der Waals surface area contributed by atoms with E-state index in [9.17, 15) is 14.7 Å². The molecule has 0 aliphatic carbocycles. The summed E-state index contributed by atoms with van der Waals surface area (Å²) in [7, 11) is 0. The molecule has 104 valence electrons. The molecular weight excluding hydrogens is 240 g/mol. The van der Waals surface area contributed by atoms with Crippen LogP contribution in [0.4, 0.5) is 9.59 Å². The van der Waals surface area contributed by atoms with Crippen LogP contribution in [-0.4, -0.2) is 58.1 Å². The lowest BCUT2D eigenvalue weighted by molar-refractivity contribution is 0.0236. The molecule has 0 aromatic rings. The number of hydrogen-bond acceptors (Lipinski definition) is 4. The summed E-state index contributed by atoms with van der Waals surface area (Å²) in [5.74, 6) is 0. The molecule has 1 aliphatic heterocycles. The number of carboxylic acid groups (broad SMARTS) is 1. The zero-order valence-electron chi connectivity index (χ0n) is 10.8. The Kier molecular flexibility index (Phi) is 4.39. The van der Waals surface area contributed by atoms with Gasteiger partial charge in [-0.25, -0.2) is 9.59 Å². The van der Waals surface area contributed by atoms with Gasteiger partial charge >= 0.3 is 12.2 Å². The number of hydrogen-bond donors (Lipinski definition) is 3. The van der Waals surface area contributed by atoms with Crippen molar-refractivity contribution >= 4 is 12.2 Å². The van der Waals surface area contributed by atoms with Crippen molar-refractivity contribution in [1.82, 2.24) is 10.2 Å². The van der Waals surface area contributed by atoms with Gasteiger partial charge in [0.15, 0.2) is 0 Å². The Morgan fingerprint density at radius 3 is 2.50 bits per heavy atom. The second-order valence-corrected chi connectivity index (χ2v) is 5.34. The molecular formula is C11H20N2O5. The minimum absolute atomic E-state index is 0.0652. The van der Waals surface area contributed by atoms with Crippen LogP contribution >= 0.6 is 0 Å². The van der Waals surface area contributed by atoms with Crippen LogP contribution in [0.25, 0.3) is 0 Å². The molecule has 3 N–H and O–H groups in total. The molecule has 0 aromatic heterocycles. The summed E-state index contributed by atoms with van der Waals surface area (Å²) in [5.41, 5.74) is -0.629. The average molecular weight is 260 g/mol. The van der Waals surface area contributed by atoms with Crippen LogP contribution < -0.4 is 5.32 Å². The molecule has 1 saturated heterocycles. The minimum Gasteiger partial charge on any atom is -0.465 e. The van der Waals surface area contributed by atoms with Gasteiger partial charge in [-0.1, -0.05) is 0 Å². The minimum atomic E-state index is -1.06. The Hall–Kier alpha value is -1.50. The highest BCUT2D eigenvalue weighted by Gasteiger charge is 2.32. The van der Waals surface area contributed by atoms with E-state index in [1.807, 2.05) is 0 Å². The quantitative estimate of drug-likeness (QED) is 0.642. The maximum Gasteiger partial charge on any atom is 0.408 e. The van der Waals surface area contributed by atoms with Crippen molar-refractivity contribution in [3.8, 4) is 0 Å². The molecule has 7 nitrogen and oxygen atoms in total. The van der Waals surface area contributed by atoms with E-state index >= 15 is 0 Å². The van der Waals surface area contributed by atoms with Gasteiger partial charge in [0.2, 0.25) is 0 Å². The van der Waals surface area contributed by atoms with Crippen LogP contribution in [0.2, 0.25) is 0 Å². The van der Waals surface area contributed by atoms with Gasteiger partial charge in [0.1, 0.15) is 5.60 Å². The highest BCUT2D eigenvalue weighted by Crippen LogP contribution is 2.13. The topological polar surface area (TPSA) is 99.1 Å². The Labute approximate surface area is 106 Å². The van der Waals surface area contributed by atoms with E-state index < -0.39 is 29.9 Å². The van der Waals surface area contributed by atoms with Gasteiger partial charge < -0.3 is 25.2 Å². The first kappa shape index (κ1) is 14.6. The van der Waals surface area contributed by atoms with Crippen molar-refractivity contribution < 1.29 is 24.5 Å². The molecule has 0 aromatic carbocycles. The Morgan fingerprint density at radius 1 is 1.39 bits per heavy atom. The van der Waals surface area contributed by atoms with Gasteiger partial charge in [-0.3, -0.25) is 0 Å². The van der Waals surface area contributed by atoms with Crippen molar-refractivity contribution in [2.24, 2.45) is 0 Å². The van der Waals surface area contributed by atoms with Crippen LogP contribution in [0, 0.1) is 0 Å². The maximum atomic E-state index is 11.5. The second-order valence-electron chi connectivity index (χ2n) is 5.34. The summed E-state index contributed by atoms with van der Waals surface area (Å²) in [6, 6.07) is -0.635. The Bertz CT molecular complexity index is 326. The fourth-order valence-electron chi connectivity index (χ4n) is 1.71. The monoisotopic (exact) mass is 260 g/mol. The highest BCUT2D eigenvalue weighted by molar-refractivity contribution is 5.69. The smallest absolute Gasteiger partial charge is 0.408 e. The molecule has 0 radical (unpaired) electrons. The number of amides is 2. The van der Waals surface area contributed by atoms with Crippen molar-refractivity contribution in [3.63, 3.8) is 0 Å². The van der Waals surface area contributed by atoms with E-state index in [-0.39, 0.29) is 13.1 Å². The first-order valence-electron chi connectivity index (χ1n) is 5.84. The number of likely N-dealkylation sites (tertiary alicyclic amines) is 1. The van der Waals surface area contributed by atoms with Crippen LogP contribution in [0.1, 0.15) is 27.2 Å². The molecule has 0 spiro atoms. The number of piperidine rings is 1. The molecule has 0 unspecified atom stereocenters. The van der Waals surface area contributed by atoms with Crippen molar-refractivity contribution in [2.75, 3.05) is 13.1 Å². The summed E-state index contributed by atoms with van der Waals surface area (Å²) in [4.78, 5) is 23.5.